The van der Waals surface area contributed by atoms with E-state index in [1.165, 1.54) is 15.9 Å². The number of aromatic hydroxyl groups is 1. The molecule has 8 heteroatoms. The molecule has 3 aromatic rings. The number of rotatable bonds is 3. The highest BCUT2D eigenvalue weighted by molar-refractivity contribution is 9.10. The van der Waals surface area contributed by atoms with Gasteiger partial charge in [-0.1, -0.05) is 39.4 Å². The summed E-state index contributed by atoms with van der Waals surface area (Å²) in [5.74, 6) is 0.831. The number of halogens is 1. The normalized spacial score (nSPS) is 22.8. The third kappa shape index (κ3) is 3.26. The van der Waals surface area contributed by atoms with Crippen LogP contribution in [0.1, 0.15) is 36.2 Å². The van der Waals surface area contributed by atoms with E-state index in [9.17, 15) is 5.11 Å². The van der Waals surface area contributed by atoms with Gasteiger partial charge in [-0.05, 0) is 38.5 Å². The SMILES string of the molecule is Cc1nc2sc(C(c3ccc(Br)cc3)N3CC(C)OC(C)C3)c(O)n2n1. The molecule has 3 heterocycles. The number of aromatic nitrogens is 3. The Morgan fingerprint density at radius 1 is 1.23 bits per heavy atom. The first-order valence-corrected chi connectivity index (χ1v) is 10.2. The maximum Gasteiger partial charge on any atom is 0.230 e. The molecular formula is C18H21BrN4O2S. The Kier molecular flexibility index (Phi) is 4.77. The molecule has 1 saturated heterocycles. The van der Waals surface area contributed by atoms with Crippen LogP contribution < -0.4 is 0 Å². The van der Waals surface area contributed by atoms with Crippen LogP contribution in [0.15, 0.2) is 28.7 Å². The Morgan fingerprint density at radius 2 is 1.88 bits per heavy atom. The lowest BCUT2D eigenvalue weighted by Crippen LogP contribution is -2.47. The van der Waals surface area contributed by atoms with Gasteiger partial charge in [0, 0.05) is 17.6 Å². The zero-order chi connectivity index (χ0) is 18.4. The van der Waals surface area contributed by atoms with E-state index in [1.54, 1.807) is 0 Å². The van der Waals surface area contributed by atoms with Gasteiger partial charge in [0.05, 0.1) is 23.1 Å². The van der Waals surface area contributed by atoms with Crippen molar-refractivity contribution in [1.29, 1.82) is 0 Å². The van der Waals surface area contributed by atoms with Gasteiger partial charge in [0.25, 0.3) is 0 Å². The number of thiazole rings is 1. The molecule has 0 aliphatic carbocycles. The van der Waals surface area contributed by atoms with Crippen LogP contribution in [-0.4, -0.2) is 49.9 Å². The first kappa shape index (κ1) is 17.9. The predicted molar refractivity (Wildman–Crippen MR) is 105 cm³/mol. The van der Waals surface area contributed by atoms with Gasteiger partial charge in [-0.15, -0.1) is 5.10 Å². The second-order valence-electron chi connectivity index (χ2n) is 6.81. The van der Waals surface area contributed by atoms with E-state index in [0.29, 0.717) is 10.8 Å². The lowest BCUT2D eigenvalue weighted by Gasteiger charge is -2.40. The molecule has 1 aliphatic rings. The minimum absolute atomic E-state index is 0.0642. The summed E-state index contributed by atoms with van der Waals surface area (Å²) in [6.45, 7) is 7.62. The summed E-state index contributed by atoms with van der Waals surface area (Å²) in [5.41, 5.74) is 1.13. The first-order chi connectivity index (χ1) is 12.4. The van der Waals surface area contributed by atoms with Crippen molar-refractivity contribution in [2.75, 3.05) is 13.1 Å². The molecule has 0 radical (unpaired) electrons. The number of nitrogens with zero attached hydrogens (tertiary/aromatic N) is 4. The third-order valence-electron chi connectivity index (χ3n) is 4.55. The molecule has 1 aromatic carbocycles. The van der Waals surface area contributed by atoms with Gasteiger partial charge in [0.1, 0.15) is 5.82 Å². The quantitative estimate of drug-likeness (QED) is 0.676. The van der Waals surface area contributed by atoms with Gasteiger partial charge in [-0.25, -0.2) is 4.98 Å². The fourth-order valence-electron chi connectivity index (χ4n) is 3.63. The van der Waals surface area contributed by atoms with E-state index in [0.717, 1.165) is 28.0 Å². The topological polar surface area (TPSA) is 62.9 Å². The van der Waals surface area contributed by atoms with Crippen molar-refractivity contribution in [3.8, 4) is 5.88 Å². The number of hydrogen-bond acceptors (Lipinski definition) is 6. The van der Waals surface area contributed by atoms with Crippen LogP contribution in [0.2, 0.25) is 0 Å². The van der Waals surface area contributed by atoms with Crippen LogP contribution in [0.25, 0.3) is 4.96 Å². The third-order valence-corrected chi connectivity index (χ3v) is 6.15. The average molecular weight is 437 g/mol. The second kappa shape index (κ2) is 6.92. The van der Waals surface area contributed by atoms with Crippen LogP contribution >= 0.6 is 27.3 Å². The zero-order valence-electron chi connectivity index (χ0n) is 14.9. The number of hydrogen-bond donors (Lipinski definition) is 1. The molecule has 3 unspecified atom stereocenters. The van der Waals surface area contributed by atoms with Crippen molar-refractivity contribution in [3.05, 3.63) is 45.0 Å². The number of aryl methyl sites for hydroxylation is 1. The minimum atomic E-state index is -0.0642. The van der Waals surface area contributed by atoms with Crippen molar-refractivity contribution in [2.24, 2.45) is 0 Å². The molecule has 138 valence electrons. The molecule has 1 N–H and O–H groups in total. The highest BCUT2D eigenvalue weighted by atomic mass is 79.9. The smallest absolute Gasteiger partial charge is 0.230 e. The van der Waals surface area contributed by atoms with Crippen LogP contribution in [-0.2, 0) is 4.74 Å². The van der Waals surface area contributed by atoms with Crippen molar-refractivity contribution in [3.63, 3.8) is 0 Å². The summed E-state index contributed by atoms with van der Waals surface area (Å²) in [7, 11) is 0. The molecular weight excluding hydrogens is 416 g/mol. The molecule has 3 atom stereocenters. The van der Waals surface area contributed by atoms with E-state index < -0.39 is 0 Å². The van der Waals surface area contributed by atoms with Crippen molar-refractivity contribution in [1.82, 2.24) is 19.5 Å². The molecule has 26 heavy (non-hydrogen) atoms. The molecule has 0 amide bonds. The van der Waals surface area contributed by atoms with E-state index in [-0.39, 0.29) is 24.1 Å². The summed E-state index contributed by atoms with van der Waals surface area (Å²) in [5, 5.41) is 15.2. The molecule has 0 spiro atoms. The highest BCUT2D eigenvalue weighted by Gasteiger charge is 2.34. The second-order valence-corrected chi connectivity index (χ2v) is 8.73. The van der Waals surface area contributed by atoms with Crippen LogP contribution in [0, 0.1) is 6.92 Å². The van der Waals surface area contributed by atoms with Crippen LogP contribution in [0.4, 0.5) is 0 Å². The van der Waals surface area contributed by atoms with Gasteiger partial charge < -0.3 is 9.84 Å². The molecule has 0 bridgehead atoms. The largest absolute Gasteiger partial charge is 0.492 e. The van der Waals surface area contributed by atoms with Crippen molar-refractivity contribution < 1.29 is 9.84 Å². The maximum atomic E-state index is 10.9. The summed E-state index contributed by atoms with van der Waals surface area (Å²) >= 11 is 5.00. The summed E-state index contributed by atoms with van der Waals surface area (Å²) in [4.78, 5) is 8.37. The van der Waals surface area contributed by atoms with Crippen molar-refractivity contribution >= 4 is 32.2 Å². The number of benzene rings is 1. The standard InChI is InChI=1S/C18H21BrN4O2S/c1-10-8-22(9-11(2)25-10)15(13-4-6-14(19)7-5-13)16-17(24)23-18(26-16)20-12(3)21-23/h4-7,10-11,15,24H,8-9H2,1-3H3. The molecule has 2 aromatic heterocycles. The molecule has 6 nitrogen and oxygen atoms in total. The maximum absolute atomic E-state index is 10.9. The molecule has 4 rings (SSSR count). The summed E-state index contributed by atoms with van der Waals surface area (Å²) in [6.07, 6.45) is 0.284. The minimum Gasteiger partial charge on any atom is -0.492 e. The fourth-order valence-corrected chi connectivity index (χ4v) is 5.05. The Labute approximate surface area is 164 Å². The van der Waals surface area contributed by atoms with Crippen molar-refractivity contribution in [2.45, 2.75) is 39.0 Å². The van der Waals surface area contributed by atoms with E-state index in [4.69, 9.17) is 4.74 Å². The fraction of sp³-hybridized carbons (Fsp3) is 0.444. The van der Waals surface area contributed by atoms with E-state index in [1.807, 2.05) is 19.1 Å². The number of ether oxygens (including phenoxy) is 1. The Balaban J connectivity index is 1.82. The highest BCUT2D eigenvalue weighted by Crippen LogP contribution is 2.41. The van der Waals surface area contributed by atoms with Gasteiger partial charge >= 0.3 is 0 Å². The average Bonchev–Trinajstić information content (AvgIpc) is 3.07. The van der Waals surface area contributed by atoms with E-state index >= 15 is 0 Å². The van der Waals surface area contributed by atoms with Gasteiger partial charge in [-0.3, -0.25) is 4.90 Å². The lowest BCUT2D eigenvalue weighted by atomic mass is 10.0. The Bertz CT molecular complexity index is 913. The number of morpholine rings is 1. The van der Waals surface area contributed by atoms with E-state index in [2.05, 4.69) is 56.9 Å². The predicted octanol–water partition coefficient (Wildman–Crippen LogP) is 3.77. The van der Waals surface area contributed by atoms with Gasteiger partial charge in [0.2, 0.25) is 10.8 Å². The van der Waals surface area contributed by atoms with Gasteiger partial charge in [-0.2, -0.15) is 4.52 Å². The first-order valence-electron chi connectivity index (χ1n) is 8.62. The summed E-state index contributed by atoms with van der Waals surface area (Å²) < 4.78 is 8.48. The lowest BCUT2D eigenvalue weighted by molar-refractivity contribution is -0.0764. The molecule has 1 fully saturated rings. The molecule has 0 saturated carbocycles. The van der Waals surface area contributed by atoms with Gasteiger partial charge in [0.15, 0.2) is 0 Å². The number of fused-ring (bicyclic) bond motifs is 1. The molecule has 1 aliphatic heterocycles. The van der Waals surface area contributed by atoms with Crippen LogP contribution in [0.3, 0.4) is 0 Å². The van der Waals surface area contributed by atoms with Crippen LogP contribution in [0.5, 0.6) is 5.88 Å². The Morgan fingerprint density at radius 3 is 2.50 bits per heavy atom. The zero-order valence-corrected chi connectivity index (χ0v) is 17.3. The monoisotopic (exact) mass is 436 g/mol. The summed E-state index contributed by atoms with van der Waals surface area (Å²) in [6, 6.07) is 8.20. The Hall–Kier alpha value is -1.48.